The van der Waals surface area contributed by atoms with Gasteiger partial charge in [-0.1, -0.05) is 26.0 Å². The van der Waals surface area contributed by atoms with E-state index in [1.54, 1.807) is 12.1 Å². The number of phenols is 1. The normalized spacial score (nSPS) is 13.7. The topological polar surface area (TPSA) is 49.5 Å². The predicted molar refractivity (Wildman–Crippen MR) is 114 cm³/mol. The Morgan fingerprint density at radius 3 is 2.41 bits per heavy atom. The zero-order valence-corrected chi connectivity index (χ0v) is 16.8. The summed E-state index contributed by atoms with van der Waals surface area (Å²) in [5.41, 5.74) is 9.06. The van der Waals surface area contributed by atoms with Crippen molar-refractivity contribution in [2.75, 3.05) is 23.7 Å². The van der Waals surface area contributed by atoms with Gasteiger partial charge in [0.15, 0.2) is 0 Å². The van der Waals surface area contributed by atoms with Gasteiger partial charge < -0.3 is 15.7 Å². The SMILES string of the molecule is CCN(CC)c1ccc(/C=C/CC(C)(CC)c2cc(F)ccc2N)c(O)c1. The molecule has 0 fully saturated rings. The van der Waals surface area contributed by atoms with Crippen molar-refractivity contribution in [2.24, 2.45) is 0 Å². The molecular weight excluding hydrogens is 339 g/mol. The third kappa shape index (κ3) is 4.82. The van der Waals surface area contributed by atoms with E-state index in [9.17, 15) is 9.50 Å². The Labute approximate surface area is 162 Å². The molecule has 0 aliphatic rings. The van der Waals surface area contributed by atoms with Gasteiger partial charge in [-0.25, -0.2) is 4.39 Å². The van der Waals surface area contributed by atoms with Gasteiger partial charge in [0.1, 0.15) is 11.6 Å². The quantitative estimate of drug-likeness (QED) is 0.583. The second-order valence-electron chi connectivity index (χ2n) is 7.17. The fourth-order valence-corrected chi connectivity index (χ4v) is 3.40. The minimum Gasteiger partial charge on any atom is -0.507 e. The van der Waals surface area contributed by atoms with Crippen LogP contribution >= 0.6 is 0 Å². The van der Waals surface area contributed by atoms with Gasteiger partial charge in [0, 0.05) is 36.1 Å². The summed E-state index contributed by atoms with van der Waals surface area (Å²) in [4.78, 5) is 2.19. The molecular formula is C23H31FN2O. The lowest BCUT2D eigenvalue weighted by Gasteiger charge is -2.29. The van der Waals surface area contributed by atoms with Crippen LogP contribution in [0.4, 0.5) is 15.8 Å². The number of nitrogens with zero attached hydrogens (tertiary/aromatic N) is 1. The summed E-state index contributed by atoms with van der Waals surface area (Å²) in [6.45, 7) is 10.2. The number of hydrogen-bond donors (Lipinski definition) is 2. The van der Waals surface area contributed by atoms with Crippen LogP contribution in [0.1, 0.15) is 51.7 Å². The first-order valence-corrected chi connectivity index (χ1v) is 9.64. The first-order valence-electron chi connectivity index (χ1n) is 9.64. The van der Waals surface area contributed by atoms with E-state index < -0.39 is 0 Å². The van der Waals surface area contributed by atoms with E-state index >= 15 is 0 Å². The molecule has 0 spiro atoms. The van der Waals surface area contributed by atoms with E-state index in [2.05, 4.69) is 32.6 Å². The molecule has 0 amide bonds. The lowest BCUT2D eigenvalue weighted by atomic mass is 9.76. The number of hydrogen-bond acceptors (Lipinski definition) is 3. The lowest BCUT2D eigenvalue weighted by Crippen LogP contribution is -2.22. The highest BCUT2D eigenvalue weighted by Gasteiger charge is 2.26. The molecule has 1 atom stereocenters. The second-order valence-corrected chi connectivity index (χ2v) is 7.17. The number of nitrogen functional groups attached to an aromatic ring is 1. The zero-order valence-electron chi connectivity index (χ0n) is 16.8. The van der Waals surface area contributed by atoms with Crippen LogP contribution in [0, 0.1) is 5.82 Å². The Morgan fingerprint density at radius 1 is 1.11 bits per heavy atom. The molecule has 2 aromatic carbocycles. The van der Waals surface area contributed by atoms with Gasteiger partial charge in [-0.2, -0.15) is 0 Å². The van der Waals surface area contributed by atoms with E-state index in [4.69, 9.17) is 5.73 Å². The molecule has 0 aliphatic carbocycles. The minimum atomic E-state index is -0.271. The third-order valence-corrected chi connectivity index (χ3v) is 5.45. The average Bonchev–Trinajstić information content (AvgIpc) is 2.66. The maximum Gasteiger partial charge on any atom is 0.124 e. The molecule has 0 aliphatic heterocycles. The monoisotopic (exact) mass is 370 g/mol. The summed E-state index contributed by atoms with van der Waals surface area (Å²) in [6, 6.07) is 10.3. The van der Waals surface area contributed by atoms with E-state index in [1.165, 1.54) is 12.1 Å². The molecule has 2 rings (SSSR count). The van der Waals surface area contributed by atoms with Crippen molar-refractivity contribution >= 4 is 17.5 Å². The van der Waals surface area contributed by atoms with Gasteiger partial charge >= 0.3 is 0 Å². The summed E-state index contributed by atoms with van der Waals surface area (Å²) in [6.07, 6.45) is 5.48. The molecule has 4 heteroatoms. The van der Waals surface area contributed by atoms with Crippen LogP contribution in [0.25, 0.3) is 6.08 Å². The summed E-state index contributed by atoms with van der Waals surface area (Å²) < 4.78 is 13.7. The van der Waals surface area contributed by atoms with Crippen molar-refractivity contribution in [3.05, 3.63) is 59.4 Å². The summed E-state index contributed by atoms with van der Waals surface area (Å²) in [5, 5.41) is 10.4. The first kappa shape index (κ1) is 20.8. The number of halogens is 1. The van der Waals surface area contributed by atoms with Crippen LogP contribution in [0.15, 0.2) is 42.5 Å². The number of rotatable bonds is 8. The zero-order chi connectivity index (χ0) is 20.0. The van der Waals surface area contributed by atoms with Crippen LogP contribution in [-0.2, 0) is 5.41 Å². The third-order valence-electron chi connectivity index (χ3n) is 5.45. The molecule has 0 heterocycles. The number of anilines is 2. The molecule has 3 nitrogen and oxygen atoms in total. The van der Waals surface area contributed by atoms with E-state index in [1.807, 2.05) is 24.3 Å². The van der Waals surface area contributed by atoms with Gasteiger partial charge in [0.25, 0.3) is 0 Å². The average molecular weight is 371 g/mol. The van der Waals surface area contributed by atoms with Crippen molar-refractivity contribution in [2.45, 2.75) is 46.0 Å². The number of aromatic hydroxyl groups is 1. The van der Waals surface area contributed by atoms with Crippen molar-refractivity contribution in [3.63, 3.8) is 0 Å². The van der Waals surface area contributed by atoms with Crippen LogP contribution in [-0.4, -0.2) is 18.2 Å². The molecule has 0 saturated heterocycles. The highest BCUT2D eigenvalue weighted by molar-refractivity contribution is 5.63. The van der Waals surface area contributed by atoms with E-state index in [0.29, 0.717) is 12.1 Å². The smallest absolute Gasteiger partial charge is 0.124 e. The van der Waals surface area contributed by atoms with Crippen LogP contribution < -0.4 is 10.6 Å². The minimum absolute atomic E-state index is 0.263. The Kier molecular flexibility index (Phi) is 6.89. The summed E-state index contributed by atoms with van der Waals surface area (Å²) >= 11 is 0. The molecule has 0 bridgehead atoms. The lowest BCUT2D eigenvalue weighted by molar-refractivity contribution is 0.459. The largest absolute Gasteiger partial charge is 0.507 e. The van der Waals surface area contributed by atoms with Crippen molar-refractivity contribution < 1.29 is 9.50 Å². The fraction of sp³-hybridized carbons (Fsp3) is 0.391. The van der Waals surface area contributed by atoms with Crippen LogP contribution in [0.5, 0.6) is 5.75 Å². The highest BCUT2D eigenvalue weighted by Crippen LogP contribution is 2.36. The Bertz CT molecular complexity index is 799. The number of phenolic OH excluding ortho intramolecular Hbond substituents is 1. The van der Waals surface area contributed by atoms with Crippen LogP contribution in [0.3, 0.4) is 0 Å². The first-order chi connectivity index (χ1) is 12.8. The maximum atomic E-state index is 13.7. The Morgan fingerprint density at radius 2 is 1.81 bits per heavy atom. The predicted octanol–water partition coefficient (Wildman–Crippen LogP) is 5.73. The fourth-order valence-electron chi connectivity index (χ4n) is 3.40. The van der Waals surface area contributed by atoms with Gasteiger partial charge in [0.05, 0.1) is 0 Å². The molecule has 2 aromatic rings. The van der Waals surface area contributed by atoms with E-state index in [0.717, 1.165) is 36.3 Å². The molecule has 146 valence electrons. The van der Waals surface area contributed by atoms with Crippen molar-refractivity contribution in [3.8, 4) is 5.75 Å². The maximum absolute atomic E-state index is 13.7. The number of benzene rings is 2. The second kappa shape index (κ2) is 8.94. The van der Waals surface area contributed by atoms with Gasteiger partial charge in [-0.3, -0.25) is 0 Å². The van der Waals surface area contributed by atoms with Crippen molar-refractivity contribution in [1.82, 2.24) is 0 Å². The Hall–Kier alpha value is -2.49. The molecule has 3 N–H and O–H groups in total. The molecule has 0 radical (unpaired) electrons. The van der Waals surface area contributed by atoms with E-state index in [-0.39, 0.29) is 17.0 Å². The number of nitrogens with two attached hydrogens (primary N) is 1. The van der Waals surface area contributed by atoms with Crippen molar-refractivity contribution in [1.29, 1.82) is 0 Å². The molecule has 27 heavy (non-hydrogen) atoms. The summed E-state index contributed by atoms with van der Waals surface area (Å²) in [5.74, 6) is -0.00777. The number of allylic oxidation sites excluding steroid dienone is 1. The molecule has 1 unspecified atom stereocenters. The summed E-state index contributed by atoms with van der Waals surface area (Å²) in [7, 11) is 0. The van der Waals surface area contributed by atoms with Gasteiger partial charge in [0.2, 0.25) is 0 Å². The standard InChI is InChI=1S/C23H31FN2O/c1-5-23(4,20-15-18(24)11-13-21(20)25)14-8-9-17-10-12-19(16-22(17)27)26(6-2)7-3/h8-13,15-16,27H,5-7,14,25H2,1-4H3/b9-8+. The molecule has 0 aromatic heterocycles. The van der Waals surface area contributed by atoms with Crippen LogP contribution in [0.2, 0.25) is 0 Å². The van der Waals surface area contributed by atoms with Gasteiger partial charge in [-0.15, -0.1) is 0 Å². The highest BCUT2D eigenvalue weighted by atomic mass is 19.1. The van der Waals surface area contributed by atoms with Gasteiger partial charge in [-0.05, 0) is 68.0 Å². The molecule has 0 saturated carbocycles. The Balaban J connectivity index is 2.21.